The molecule has 5 heteroatoms. The molecule has 5 rings (SSSR count). The van der Waals surface area contributed by atoms with Gasteiger partial charge in [-0.25, -0.2) is 0 Å². The van der Waals surface area contributed by atoms with E-state index in [1.165, 1.54) is 23.1 Å². The Morgan fingerprint density at radius 1 is 1.25 bits per heavy atom. The van der Waals surface area contributed by atoms with Crippen LogP contribution < -0.4 is 5.32 Å². The maximum absolute atomic E-state index is 13.0. The van der Waals surface area contributed by atoms with Gasteiger partial charge in [0.05, 0.1) is 12.1 Å². The van der Waals surface area contributed by atoms with Crippen molar-refractivity contribution in [1.29, 1.82) is 0 Å². The van der Waals surface area contributed by atoms with Crippen LogP contribution in [0.2, 0.25) is 0 Å². The molecule has 0 radical (unpaired) electrons. The number of amides is 1. The lowest BCUT2D eigenvalue weighted by atomic mass is 9.73. The van der Waals surface area contributed by atoms with Crippen LogP contribution in [0, 0.1) is 0 Å². The Balaban J connectivity index is 1.30. The molecule has 148 valence electrons. The average molecular weight is 379 g/mol. The normalized spacial score (nSPS) is 24.1. The fourth-order valence-electron chi connectivity index (χ4n) is 5.41. The van der Waals surface area contributed by atoms with Crippen LogP contribution in [-0.4, -0.2) is 39.7 Å². The summed E-state index contributed by atoms with van der Waals surface area (Å²) in [7, 11) is 1.97. The zero-order valence-corrected chi connectivity index (χ0v) is 16.7. The van der Waals surface area contributed by atoms with Crippen LogP contribution in [0.1, 0.15) is 61.1 Å². The molecule has 1 amide bonds. The van der Waals surface area contributed by atoms with Gasteiger partial charge in [0.2, 0.25) is 5.91 Å². The summed E-state index contributed by atoms with van der Waals surface area (Å²) in [5.74, 6) is 0.286. The first-order valence-electron chi connectivity index (χ1n) is 10.7. The van der Waals surface area contributed by atoms with E-state index in [0.717, 1.165) is 51.7 Å². The Hall–Kier alpha value is -2.14. The molecule has 1 saturated carbocycles. The number of likely N-dealkylation sites (tertiary alicyclic amines) is 1. The molecule has 1 saturated heterocycles. The molecule has 3 aliphatic rings. The van der Waals surface area contributed by atoms with Crippen molar-refractivity contribution in [1.82, 2.24) is 20.0 Å². The highest BCUT2D eigenvalue weighted by atomic mass is 16.2. The fourth-order valence-corrected chi connectivity index (χ4v) is 5.41. The number of benzene rings is 1. The number of piperidine rings is 1. The molecule has 2 aliphatic carbocycles. The predicted octanol–water partition coefficient (Wildman–Crippen LogP) is 3.11. The van der Waals surface area contributed by atoms with E-state index in [1.54, 1.807) is 0 Å². The summed E-state index contributed by atoms with van der Waals surface area (Å²) in [5.41, 5.74) is 4.16. The number of aryl methyl sites for hydroxylation is 1. The first-order chi connectivity index (χ1) is 13.6. The molecule has 0 bridgehead atoms. The second-order valence-electron chi connectivity index (χ2n) is 9.06. The molecule has 1 atom stereocenters. The van der Waals surface area contributed by atoms with Gasteiger partial charge >= 0.3 is 0 Å². The van der Waals surface area contributed by atoms with Gasteiger partial charge < -0.3 is 5.32 Å². The van der Waals surface area contributed by atoms with E-state index in [4.69, 9.17) is 0 Å². The minimum Gasteiger partial charge on any atom is -0.353 e. The van der Waals surface area contributed by atoms with Crippen LogP contribution in [0.4, 0.5) is 0 Å². The summed E-state index contributed by atoms with van der Waals surface area (Å²) in [4.78, 5) is 15.5. The van der Waals surface area contributed by atoms with Gasteiger partial charge in [-0.15, -0.1) is 0 Å². The van der Waals surface area contributed by atoms with Crippen LogP contribution >= 0.6 is 0 Å². The standard InChI is InChI=1S/C23H30N4O/c1-26-15-17(14-24-26)16-27-11-9-23(10-12-27)13-20(19-7-2-3-8-21(19)23)22(28)25-18-5-4-6-18/h2-3,7-8,14-15,18,20H,4-6,9-13,16H2,1H3,(H,25,28)/t20-/m1/s1. The van der Waals surface area contributed by atoms with E-state index < -0.39 is 0 Å². The number of nitrogens with zero attached hydrogens (tertiary/aromatic N) is 3. The lowest BCUT2D eigenvalue weighted by molar-refractivity contribution is -0.124. The number of carbonyl (C=O) groups is 1. The van der Waals surface area contributed by atoms with Gasteiger partial charge in [0.15, 0.2) is 0 Å². The first kappa shape index (κ1) is 17.9. The third kappa shape index (κ3) is 3.16. The van der Waals surface area contributed by atoms with E-state index in [0.29, 0.717) is 6.04 Å². The van der Waals surface area contributed by atoms with Crippen molar-refractivity contribution in [2.45, 2.75) is 62.4 Å². The minimum absolute atomic E-state index is 0.0293. The summed E-state index contributed by atoms with van der Waals surface area (Å²) in [6, 6.07) is 9.13. The quantitative estimate of drug-likeness (QED) is 0.889. The highest BCUT2D eigenvalue weighted by molar-refractivity contribution is 5.86. The second-order valence-corrected chi connectivity index (χ2v) is 9.06. The van der Waals surface area contributed by atoms with Crippen molar-refractivity contribution in [3.05, 3.63) is 53.3 Å². The summed E-state index contributed by atoms with van der Waals surface area (Å²) >= 11 is 0. The molecule has 1 aromatic heterocycles. The van der Waals surface area contributed by atoms with E-state index in [9.17, 15) is 4.79 Å². The van der Waals surface area contributed by atoms with Crippen molar-refractivity contribution in [3.8, 4) is 0 Å². The maximum atomic E-state index is 13.0. The Morgan fingerprint density at radius 3 is 2.71 bits per heavy atom. The summed E-state index contributed by atoms with van der Waals surface area (Å²) in [5, 5.41) is 7.60. The minimum atomic E-state index is 0.0293. The number of fused-ring (bicyclic) bond motifs is 2. The van der Waals surface area contributed by atoms with Gasteiger partial charge in [-0.3, -0.25) is 14.4 Å². The molecule has 1 N–H and O–H groups in total. The topological polar surface area (TPSA) is 50.2 Å². The molecule has 28 heavy (non-hydrogen) atoms. The summed E-state index contributed by atoms with van der Waals surface area (Å²) in [6.45, 7) is 3.14. The summed E-state index contributed by atoms with van der Waals surface area (Å²) in [6.07, 6.45) is 10.9. The number of carbonyl (C=O) groups excluding carboxylic acids is 1. The Labute approximate surface area is 167 Å². The second kappa shape index (κ2) is 7.03. The van der Waals surface area contributed by atoms with E-state index >= 15 is 0 Å². The molecule has 1 spiro atoms. The molecule has 2 heterocycles. The van der Waals surface area contributed by atoms with Crippen LogP contribution in [0.15, 0.2) is 36.7 Å². The average Bonchev–Trinajstić information content (AvgIpc) is 3.22. The third-order valence-corrected chi connectivity index (χ3v) is 7.25. The van der Waals surface area contributed by atoms with Crippen LogP contribution in [-0.2, 0) is 23.8 Å². The van der Waals surface area contributed by atoms with Gasteiger partial charge in [0.1, 0.15) is 0 Å². The summed E-state index contributed by atoms with van der Waals surface area (Å²) < 4.78 is 1.87. The molecule has 2 aromatic rings. The number of hydrogen-bond acceptors (Lipinski definition) is 3. The monoisotopic (exact) mass is 378 g/mol. The predicted molar refractivity (Wildman–Crippen MR) is 109 cm³/mol. The van der Waals surface area contributed by atoms with E-state index in [1.807, 2.05) is 17.9 Å². The Bertz CT molecular complexity index is 861. The fraction of sp³-hybridized carbons (Fsp3) is 0.565. The molecular weight excluding hydrogens is 348 g/mol. The Kier molecular flexibility index (Phi) is 4.50. The van der Waals surface area contributed by atoms with Crippen LogP contribution in [0.3, 0.4) is 0 Å². The van der Waals surface area contributed by atoms with Gasteiger partial charge in [-0.05, 0) is 68.2 Å². The van der Waals surface area contributed by atoms with Crippen molar-refractivity contribution in [2.75, 3.05) is 13.1 Å². The highest BCUT2D eigenvalue weighted by Gasteiger charge is 2.47. The lowest BCUT2D eigenvalue weighted by Crippen LogP contribution is -2.43. The molecular formula is C23H30N4O. The van der Waals surface area contributed by atoms with Gasteiger partial charge in [-0.2, -0.15) is 5.10 Å². The lowest BCUT2D eigenvalue weighted by Gasteiger charge is -2.40. The zero-order valence-electron chi connectivity index (χ0n) is 16.7. The molecule has 2 fully saturated rings. The molecule has 1 aromatic carbocycles. The van der Waals surface area contributed by atoms with Crippen molar-refractivity contribution in [3.63, 3.8) is 0 Å². The first-order valence-corrected chi connectivity index (χ1v) is 10.7. The van der Waals surface area contributed by atoms with Crippen LogP contribution in [0.25, 0.3) is 0 Å². The third-order valence-electron chi connectivity index (χ3n) is 7.25. The number of nitrogens with one attached hydrogen (secondary N) is 1. The van der Waals surface area contributed by atoms with Crippen molar-refractivity contribution >= 4 is 5.91 Å². The Morgan fingerprint density at radius 2 is 2.04 bits per heavy atom. The van der Waals surface area contributed by atoms with E-state index in [-0.39, 0.29) is 17.2 Å². The largest absolute Gasteiger partial charge is 0.353 e. The van der Waals surface area contributed by atoms with E-state index in [2.05, 4.69) is 45.8 Å². The van der Waals surface area contributed by atoms with Gasteiger partial charge in [0, 0.05) is 31.4 Å². The maximum Gasteiger partial charge on any atom is 0.227 e. The van der Waals surface area contributed by atoms with Gasteiger partial charge in [0.25, 0.3) is 0 Å². The number of hydrogen-bond donors (Lipinski definition) is 1. The number of rotatable bonds is 4. The smallest absolute Gasteiger partial charge is 0.227 e. The molecule has 1 aliphatic heterocycles. The number of aromatic nitrogens is 2. The van der Waals surface area contributed by atoms with Crippen molar-refractivity contribution in [2.24, 2.45) is 7.05 Å². The van der Waals surface area contributed by atoms with Gasteiger partial charge in [-0.1, -0.05) is 24.3 Å². The van der Waals surface area contributed by atoms with Crippen LogP contribution in [0.5, 0.6) is 0 Å². The SMILES string of the molecule is Cn1cc(CN2CCC3(CC2)C[C@@H](C(=O)NC2CCC2)c2ccccc23)cn1. The zero-order chi connectivity index (χ0) is 19.1. The molecule has 5 nitrogen and oxygen atoms in total. The highest BCUT2D eigenvalue weighted by Crippen LogP contribution is 2.51. The van der Waals surface area contributed by atoms with Crippen molar-refractivity contribution < 1.29 is 4.79 Å². The molecule has 0 unspecified atom stereocenters.